The minimum atomic E-state index is 0.664. The standard InChI is InChI=1S/C13H16O3/c1-4-10(9-14)7-11-5-6-12(15-2)13(8-11)16-3/h5-9H,4H2,1-3H3/b10-7+. The van der Waals surface area contributed by atoms with Crippen molar-refractivity contribution in [1.82, 2.24) is 0 Å². The Balaban J connectivity index is 3.08. The molecule has 0 aliphatic heterocycles. The van der Waals surface area contributed by atoms with Crippen LogP contribution in [-0.2, 0) is 4.79 Å². The Bertz CT molecular complexity index is 394. The summed E-state index contributed by atoms with van der Waals surface area (Å²) in [5.74, 6) is 1.35. The summed E-state index contributed by atoms with van der Waals surface area (Å²) in [5, 5.41) is 0. The Morgan fingerprint density at radius 3 is 2.44 bits per heavy atom. The van der Waals surface area contributed by atoms with Gasteiger partial charge < -0.3 is 9.47 Å². The summed E-state index contributed by atoms with van der Waals surface area (Å²) >= 11 is 0. The predicted octanol–water partition coefficient (Wildman–Crippen LogP) is 2.70. The molecule has 0 aliphatic rings. The van der Waals surface area contributed by atoms with Crippen LogP contribution in [0.2, 0.25) is 0 Å². The van der Waals surface area contributed by atoms with E-state index in [-0.39, 0.29) is 0 Å². The molecule has 0 aromatic heterocycles. The molecule has 3 heteroatoms. The van der Waals surface area contributed by atoms with Gasteiger partial charge in [0.15, 0.2) is 11.5 Å². The molecule has 0 heterocycles. The molecule has 1 aromatic carbocycles. The van der Waals surface area contributed by atoms with Gasteiger partial charge in [-0.25, -0.2) is 0 Å². The largest absolute Gasteiger partial charge is 0.493 e. The first-order chi connectivity index (χ1) is 7.74. The van der Waals surface area contributed by atoms with Crippen LogP contribution >= 0.6 is 0 Å². The zero-order valence-electron chi connectivity index (χ0n) is 9.82. The molecule has 3 nitrogen and oxygen atoms in total. The van der Waals surface area contributed by atoms with E-state index in [1.54, 1.807) is 14.2 Å². The van der Waals surface area contributed by atoms with E-state index in [0.717, 1.165) is 23.8 Å². The van der Waals surface area contributed by atoms with Crippen LogP contribution < -0.4 is 9.47 Å². The number of hydrogen-bond donors (Lipinski definition) is 0. The fourth-order valence-corrected chi connectivity index (χ4v) is 1.38. The number of allylic oxidation sites excluding steroid dienone is 1. The molecule has 0 atom stereocenters. The number of aldehydes is 1. The highest BCUT2D eigenvalue weighted by molar-refractivity contribution is 5.81. The van der Waals surface area contributed by atoms with Crippen molar-refractivity contribution in [2.45, 2.75) is 13.3 Å². The minimum absolute atomic E-state index is 0.664. The van der Waals surface area contributed by atoms with Gasteiger partial charge in [-0.3, -0.25) is 4.79 Å². The van der Waals surface area contributed by atoms with Crippen LogP contribution in [0.1, 0.15) is 18.9 Å². The molecule has 0 unspecified atom stereocenters. The maximum atomic E-state index is 10.7. The fraction of sp³-hybridized carbons (Fsp3) is 0.308. The number of hydrogen-bond acceptors (Lipinski definition) is 3. The average molecular weight is 220 g/mol. The van der Waals surface area contributed by atoms with Gasteiger partial charge in [0.25, 0.3) is 0 Å². The highest BCUT2D eigenvalue weighted by Gasteiger charge is 2.03. The van der Waals surface area contributed by atoms with Gasteiger partial charge in [0.1, 0.15) is 6.29 Å². The first-order valence-corrected chi connectivity index (χ1v) is 5.13. The monoisotopic (exact) mass is 220 g/mol. The topological polar surface area (TPSA) is 35.5 Å². The van der Waals surface area contributed by atoms with Crippen molar-refractivity contribution in [1.29, 1.82) is 0 Å². The Labute approximate surface area is 95.7 Å². The third kappa shape index (κ3) is 2.86. The van der Waals surface area contributed by atoms with Crippen molar-refractivity contribution < 1.29 is 14.3 Å². The fourth-order valence-electron chi connectivity index (χ4n) is 1.38. The number of methoxy groups -OCH3 is 2. The van der Waals surface area contributed by atoms with Crippen molar-refractivity contribution >= 4 is 12.4 Å². The van der Waals surface area contributed by atoms with E-state index in [2.05, 4.69) is 0 Å². The van der Waals surface area contributed by atoms with Gasteiger partial charge in [0.05, 0.1) is 14.2 Å². The number of benzene rings is 1. The lowest BCUT2D eigenvalue weighted by atomic mass is 10.1. The molecule has 0 spiro atoms. The molecule has 0 saturated heterocycles. The van der Waals surface area contributed by atoms with Gasteiger partial charge in [-0.2, -0.15) is 0 Å². The molecule has 0 amide bonds. The Kier molecular flexibility index (Phi) is 4.58. The maximum Gasteiger partial charge on any atom is 0.161 e. The van der Waals surface area contributed by atoms with E-state index in [9.17, 15) is 4.79 Å². The van der Waals surface area contributed by atoms with E-state index in [0.29, 0.717) is 11.5 Å². The van der Waals surface area contributed by atoms with E-state index in [1.165, 1.54) is 0 Å². The number of rotatable bonds is 5. The number of carbonyl (C=O) groups is 1. The van der Waals surface area contributed by atoms with Gasteiger partial charge in [-0.15, -0.1) is 0 Å². The van der Waals surface area contributed by atoms with Gasteiger partial charge in [0.2, 0.25) is 0 Å². The lowest BCUT2D eigenvalue weighted by molar-refractivity contribution is -0.104. The van der Waals surface area contributed by atoms with Gasteiger partial charge >= 0.3 is 0 Å². The summed E-state index contributed by atoms with van der Waals surface area (Å²) in [6, 6.07) is 5.56. The minimum Gasteiger partial charge on any atom is -0.493 e. The Morgan fingerprint density at radius 1 is 1.25 bits per heavy atom. The maximum absolute atomic E-state index is 10.7. The van der Waals surface area contributed by atoms with Crippen LogP contribution in [-0.4, -0.2) is 20.5 Å². The highest BCUT2D eigenvalue weighted by atomic mass is 16.5. The summed E-state index contributed by atoms with van der Waals surface area (Å²) in [6.07, 6.45) is 3.43. The number of carbonyl (C=O) groups excluding carboxylic acids is 1. The third-order valence-corrected chi connectivity index (χ3v) is 2.32. The van der Waals surface area contributed by atoms with Crippen molar-refractivity contribution in [3.8, 4) is 11.5 Å². The first kappa shape index (κ1) is 12.3. The van der Waals surface area contributed by atoms with Gasteiger partial charge in [-0.1, -0.05) is 13.0 Å². The van der Waals surface area contributed by atoms with E-state index in [4.69, 9.17) is 9.47 Å². The quantitative estimate of drug-likeness (QED) is 0.565. The molecule has 16 heavy (non-hydrogen) atoms. The first-order valence-electron chi connectivity index (χ1n) is 5.13. The normalized spacial score (nSPS) is 11.1. The molecule has 0 radical (unpaired) electrons. The van der Waals surface area contributed by atoms with Crippen molar-refractivity contribution in [3.63, 3.8) is 0 Å². The zero-order chi connectivity index (χ0) is 12.0. The highest BCUT2D eigenvalue weighted by Crippen LogP contribution is 2.28. The molecule has 0 N–H and O–H groups in total. The lowest BCUT2D eigenvalue weighted by Gasteiger charge is -2.07. The summed E-state index contributed by atoms with van der Waals surface area (Å²) in [6.45, 7) is 1.95. The predicted molar refractivity (Wildman–Crippen MR) is 63.9 cm³/mol. The second-order valence-electron chi connectivity index (χ2n) is 3.31. The molecule has 86 valence electrons. The molecular weight excluding hydrogens is 204 g/mol. The Morgan fingerprint density at radius 2 is 1.94 bits per heavy atom. The van der Waals surface area contributed by atoms with Crippen LogP contribution in [0.5, 0.6) is 11.5 Å². The summed E-state index contributed by atoms with van der Waals surface area (Å²) in [4.78, 5) is 10.7. The summed E-state index contributed by atoms with van der Waals surface area (Å²) < 4.78 is 10.3. The SMILES string of the molecule is CC/C(C=O)=C\c1ccc(OC)c(OC)c1. The number of ether oxygens (including phenoxy) is 2. The van der Waals surface area contributed by atoms with Crippen LogP contribution in [0.15, 0.2) is 23.8 Å². The van der Waals surface area contributed by atoms with Gasteiger partial charge in [-0.05, 0) is 35.8 Å². The second kappa shape index (κ2) is 5.95. The van der Waals surface area contributed by atoms with Crippen LogP contribution in [0, 0.1) is 0 Å². The molecule has 1 aromatic rings. The summed E-state index contributed by atoms with van der Waals surface area (Å²) in [5.41, 5.74) is 1.69. The molecule has 0 aliphatic carbocycles. The molecule has 1 rings (SSSR count). The van der Waals surface area contributed by atoms with Crippen molar-refractivity contribution in [2.75, 3.05) is 14.2 Å². The summed E-state index contributed by atoms with van der Waals surface area (Å²) in [7, 11) is 3.18. The molecule has 0 saturated carbocycles. The van der Waals surface area contributed by atoms with Crippen LogP contribution in [0.25, 0.3) is 6.08 Å². The zero-order valence-corrected chi connectivity index (χ0v) is 9.82. The van der Waals surface area contributed by atoms with Crippen LogP contribution in [0.4, 0.5) is 0 Å². The third-order valence-electron chi connectivity index (χ3n) is 2.32. The van der Waals surface area contributed by atoms with Crippen molar-refractivity contribution in [2.24, 2.45) is 0 Å². The lowest BCUT2D eigenvalue weighted by Crippen LogP contribution is -1.91. The van der Waals surface area contributed by atoms with Gasteiger partial charge in [0, 0.05) is 0 Å². The smallest absolute Gasteiger partial charge is 0.161 e. The Hall–Kier alpha value is -1.77. The van der Waals surface area contributed by atoms with E-state index >= 15 is 0 Å². The van der Waals surface area contributed by atoms with Crippen LogP contribution in [0.3, 0.4) is 0 Å². The van der Waals surface area contributed by atoms with E-state index in [1.807, 2.05) is 31.2 Å². The average Bonchev–Trinajstić information content (AvgIpc) is 2.35. The molecule has 0 bridgehead atoms. The second-order valence-corrected chi connectivity index (χ2v) is 3.31. The molecule has 0 fully saturated rings. The molecular formula is C13H16O3. The van der Waals surface area contributed by atoms with E-state index < -0.39 is 0 Å². The van der Waals surface area contributed by atoms with Crippen molar-refractivity contribution in [3.05, 3.63) is 29.3 Å².